The molecular formula is C9H21N3. The van der Waals surface area contributed by atoms with Crippen LogP contribution in [0.4, 0.5) is 0 Å². The zero-order valence-electron chi connectivity index (χ0n) is 8.58. The molecule has 1 aliphatic rings. The molecule has 0 amide bonds. The molecule has 1 atom stereocenters. The standard InChI is InChI=1S/C9H21N3/c1-10-5-6-11(2)9-12(3,4)8-7-10/h3,5-9H2,1-2,4H3. The van der Waals surface area contributed by atoms with Crippen molar-refractivity contribution >= 4 is 0 Å². The smallest absolute Gasteiger partial charge is 0.110 e. The minimum absolute atomic E-state index is 0.862. The van der Waals surface area contributed by atoms with Gasteiger partial charge in [-0.1, -0.05) is 0 Å². The van der Waals surface area contributed by atoms with Gasteiger partial charge in [0.1, 0.15) is 6.67 Å². The fourth-order valence-corrected chi connectivity index (χ4v) is 1.59. The molecule has 0 saturated carbocycles. The summed E-state index contributed by atoms with van der Waals surface area (Å²) in [6.07, 6.45) is 0. The molecule has 1 unspecified atom stereocenters. The molecule has 1 aliphatic heterocycles. The van der Waals surface area contributed by atoms with Crippen LogP contribution in [-0.4, -0.2) is 68.3 Å². The second kappa shape index (κ2) is 3.73. The Labute approximate surface area is 76.1 Å². The molecule has 0 N–H and O–H groups in total. The number of quaternary nitrogens is 1. The Morgan fingerprint density at radius 2 is 1.67 bits per heavy atom. The molecule has 1 heterocycles. The maximum absolute atomic E-state index is 4.19. The highest BCUT2D eigenvalue weighted by atomic mass is 15.4. The quantitative estimate of drug-likeness (QED) is 0.376. The van der Waals surface area contributed by atoms with Crippen molar-refractivity contribution in [2.24, 2.45) is 0 Å². The van der Waals surface area contributed by atoms with Crippen LogP contribution in [0.15, 0.2) is 0 Å². The topological polar surface area (TPSA) is 6.48 Å². The van der Waals surface area contributed by atoms with Gasteiger partial charge in [0.15, 0.2) is 0 Å². The fraction of sp³-hybridized carbons (Fsp3) is 0.889. The molecule has 0 radical (unpaired) electrons. The van der Waals surface area contributed by atoms with Gasteiger partial charge in [-0.05, 0) is 14.1 Å². The molecule has 0 aromatic heterocycles. The molecular weight excluding hydrogens is 150 g/mol. The van der Waals surface area contributed by atoms with Gasteiger partial charge in [0.05, 0.1) is 6.54 Å². The van der Waals surface area contributed by atoms with Gasteiger partial charge in [-0.25, -0.2) is 0 Å². The van der Waals surface area contributed by atoms with Gasteiger partial charge in [-0.3, -0.25) is 9.80 Å². The molecule has 72 valence electrons. The second-order valence-corrected chi connectivity index (χ2v) is 4.37. The van der Waals surface area contributed by atoms with E-state index in [1.807, 2.05) is 0 Å². The molecule has 12 heavy (non-hydrogen) atoms. The van der Waals surface area contributed by atoms with Gasteiger partial charge in [0, 0.05) is 26.7 Å². The van der Waals surface area contributed by atoms with E-state index in [2.05, 4.69) is 38.0 Å². The number of nitrogens with zero attached hydrogens (tertiary/aromatic N) is 3. The first-order chi connectivity index (χ1) is 5.49. The zero-order valence-corrected chi connectivity index (χ0v) is 8.58. The van der Waals surface area contributed by atoms with Crippen LogP contribution in [0.3, 0.4) is 0 Å². The van der Waals surface area contributed by atoms with E-state index in [1.54, 1.807) is 0 Å². The van der Waals surface area contributed by atoms with E-state index in [-0.39, 0.29) is 0 Å². The molecule has 0 aromatic rings. The van der Waals surface area contributed by atoms with Gasteiger partial charge in [0.25, 0.3) is 0 Å². The first kappa shape index (κ1) is 9.96. The molecule has 0 spiro atoms. The van der Waals surface area contributed by atoms with Crippen molar-refractivity contribution in [1.29, 1.82) is 0 Å². The summed E-state index contributed by atoms with van der Waals surface area (Å²) in [5.74, 6) is 0. The largest absolute Gasteiger partial charge is 0.446 e. The summed E-state index contributed by atoms with van der Waals surface area (Å²) >= 11 is 0. The Bertz CT molecular complexity index is 145. The van der Waals surface area contributed by atoms with Crippen LogP contribution in [0.25, 0.3) is 0 Å². The highest BCUT2D eigenvalue weighted by molar-refractivity contribution is 4.58. The molecule has 0 aromatic carbocycles. The first-order valence-electron chi connectivity index (χ1n) is 4.56. The third-order valence-electron chi connectivity index (χ3n) is 2.47. The zero-order chi connectivity index (χ0) is 9.19. The Morgan fingerprint density at radius 3 is 2.33 bits per heavy atom. The highest BCUT2D eigenvalue weighted by Crippen LogP contribution is 2.04. The summed E-state index contributed by atoms with van der Waals surface area (Å²) in [6.45, 7) is 5.69. The van der Waals surface area contributed by atoms with Crippen molar-refractivity contribution in [3.63, 3.8) is 0 Å². The first-order valence-corrected chi connectivity index (χ1v) is 4.56. The maximum Gasteiger partial charge on any atom is 0.110 e. The predicted molar refractivity (Wildman–Crippen MR) is 51.4 cm³/mol. The monoisotopic (exact) mass is 171 g/mol. The average molecular weight is 171 g/mol. The third-order valence-corrected chi connectivity index (χ3v) is 2.47. The summed E-state index contributed by atoms with van der Waals surface area (Å²) in [4.78, 5) is 4.72. The number of hydrogen-bond donors (Lipinski definition) is 0. The van der Waals surface area contributed by atoms with Gasteiger partial charge < -0.3 is 4.48 Å². The van der Waals surface area contributed by atoms with E-state index in [9.17, 15) is 0 Å². The molecule has 1 rings (SSSR count). The highest BCUT2D eigenvalue weighted by Gasteiger charge is 2.16. The van der Waals surface area contributed by atoms with Crippen molar-refractivity contribution in [3.8, 4) is 0 Å². The van der Waals surface area contributed by atoms with E-state index in [0.717, 1.165) is 30.8 Å². The normalized spacial score (nSPS) is 36.0. The van der Waals surface area contributed by atoms with Crippen LogP contribution in [0.1, 0.15) is 0 Å². The summed E-state index contributed by atoms with van der Waals surface area (Å²) in [5, 5.41) is 0. The van der Waals surface area contributed by atoms with Crippen LogP contribution in [0, 0.1) is 7.05 Å². The Kier molecular flexibility index (Phi) is 3.09. The summed E-state index contributed by atoms with van der Waals surface area (Å²) < 4.78 is 0.862. The Morgan fingerprint density at radius 1 is 1.08 bits per heavy atom. The van der Waals surface area contributed by atoms with E-state index in [4.69, 9.17) is 0 Å². The van der Waals surface area contributed by atoms with E-state index < -0.39 is 0 Å². The van der Waals surface area contributed by atoms with Gasteiger partial charge in [0.2, 0.25) is 0 Å². The summed E-state index contributed by atoms with van der Waals surface area (Å²) in [7, 11) is 10.7. The van der Waals surface area contributed by atoms with Crippen LogP contribution in [-0.2, 0) is 0 Å². The van der Waals surface area contributed by atoms with Crippen molar-refractivity contribution in [1.82, 2.24) is 9.80 Å². The maximum atomic E-state index is 4.19. The lowest BCUT2D eigenvalue weighted by Gasteiger charge is -2.44. The minimum Gasteiger partial charge on any atom is -0.446 e. The lowest BCUT2D eigenvalue weighted by Crippen LogP contribution is -2.52. The van der Waals surface area contributed by atoms with Crippen LogP contribution in [0.2, 0.25) is 0 Å². The average Bonchev–Trinajstić information content (AvgIpc) is 1.95. The van der Waals surface area contributed by atoms with E-state index >= 15 is 0 Å². The van der Waals surface area contributed by atoms with Crippen molar-refractivity contribution in [2.45, 2.75) is 0 Å². The van der Waals surface area contributed by atoms with Gasteiger partial charge in [-0.2, -0.15) is 0 Å². The number of hydrogen-bond acceptors (Lipinski definition) is 2. The number of rotatable bonds is 0. The van der Waals surface area contributed by atoms with Crippen LogP contribution >= 0.6 is 0 Å². The molecule has 3 heteroatoms. The van der Waals surface area contributed by atoms with Crippen LogP contribution in [0.5, 0.6) is 0 Å². The molecule has 1 fully saturated rings. The Balaban J connectivity index is 2.49. The minimum atomic E-state index is 0.862. The van der Waals surface area contributed by atoms with Gasteiger partial charge in [-0.15, -0.1) is 7.05 Å². The second-order valence-electron chi connectivity index (χ2n) is 4.37. The van der Waals surface area contributed by atoms with E-state index in [0.29, 0.717) is 0 Å². The summed E-state index contributed by atoms with van der Waals surface area (Å²) in [5.41, 5.74) is 0. The molecule has 0 aliphatic carbocycles. The lowest BCUT2D eigenvalue weighted by molar-refractivity contribution is -0.876. The predicted octanol–water partition coefficient (Wildman–Crippen LogP) is 0.0593. The number of likely N-dealkylation sites (N-methyl/N-ethyl adjacent to an activating group) is 3. The van der Waals surface area contributed by atoms with Crippen molar-refractivity contribution < 1.29 is 4.48 Å². The molecule has 0 bridgehead atoms. The lowest BCUT2D eigenvalue weighted by atomic mass is 10.4. The third kappa shape index (κ3) is 3.09. The van der Waals surface area contributed by atoms with Crippen LogP contribution < -0.4 is 0 Å². The molecule has 1 saturated heterocycles. The Hall–Kier alpha value is -0.120. The van der Waals surface area contributed by atoms with E-state index in [1.165, 1.54) is 6.54 Å². The fourth-order valence-electron chi connectivity index (χ4n) is 1.59. The van der Waals surface area contributed by atoms with Gasteiger partial charge >= 0.3 is 0 Å². The SMILES string of the molecule is [CH2-][N+]1(C)CCN(C)CCN(C)C1. The molecule has 3 nitrogen and oxygen atoms in total. The van der Waals surface area contributed by atoms with Crippen molar-refractivity contribution in [2.75, 3.05) is 54.0 Å². The summed E-state index contributed by atoms with van der Waals surface area (Å²) in [6, 6.07) is 0. The van der Waals surface area contributed by atoms with Crippen molar-refractivity contribution in [3.05, 3.63) is 7.05 Å².